The van der Waals surface area contributed by atoms with Crippen molar-refractivity contribution < 1.29 is 9.47 Å². The lowest BCUT2D eigenvalue weighted by Gasteiger charge is -2.26. The lowest BCUT2D eigenvalue weighted by atomic mass is 9.90. The summed E-state index contributed by atoms with van der Waals surface area (Å²) in [6, 6.07) is 6.06. The molecule has 1 atom stereocenters. The number of aromatic nitrogens is 2. The molecule has 1 aromatic carbocycles. The summed E-state index contributed by atoms with van der Waals surface area (Å²) < 4.78 is 11.2. The summed E-state index contributed by atoms with van der Waals surface area (Å²) in [4.78, 5) is 8.65. The highest BCUT2D eigenvalue weighted by Crippen LogP contribution is 2.32. The Morgan fingerprint density at radius 1 is 1.36 bits per heavy atom. The SMILES string of the molecule is COc1ccc2c(c1)OCC(Cc1ncncc1C(C)C)C2. The summed E-state index contributed by atoms with van der Waals surface area (Å²) in [6.45, 7) is 5.09. The minimum atomic E-state index is 0.442. The Morgan fingerprint density at radius 2 is 2.23 bits per heavy atom. The van der Waals surface area contributed by atoms with Gasteiger partial charge in [-0.3, -0.25) is 0 Å². The van der Waals surface area contributed by atoms with Crippen molar-refractivity contribution in [3.8, 4) is 11.5 Å². The van der Waals surface area contributed by atoms with E-state index in [0.29, 0.717) is 11.8 Å². The zero-order chi connectivity index (χ0) is 15.5. The van der Waals surface area contributed by atoms with Crippen molar-refractivity contribution in [2.45, 2.75) is 32.6 Å². The van der Waals surface area contributed by atoms with Crippen LogP contribution in [-0.4, -0.2) is 23.7 Å². The number of benzene rings is 1. The first-order valence-electron chi connectivity index (χ1n) is 7.76. The number of hydrogen-bond donors (Lipinski definition) is 0. The van der Waals surface area contributed by atoms with Gasteiger partial charge in [-0.25, -0.2) is 9.97 Å². The number of ether oxygens (including phenoxy) is 2. The van der Waals surface area contributed by atoms with E-state index in [1.807, 2.05) is 18.3 Å². The van der Waals surface area contributed by atoms with E-state index < -0.39 is 0 Å². The van der Waals surface area contributed by atoms with Crippen molar-refractivity contribution >= 4 is 0 Å². The van der Waals surface area contributed by atoms with Crippen LogP contribution in [0.2, 0.25) is 0 Å². The average Bonchev–Trinajstić information content (AvgIpc) is 2.54. The Labute approximate surface area is 131 Å². The molecule has 4 heteroatoms. The largest absolute Gasteiger partial charge is 0.497 e. The molecule has 0 spiro atoms. The van der Waals surface area contributed by atoms with Crippen LogP contribution in [0.15, 0.2) is 30.7 Å². The molecule has 0 N–H and O–H groups in total. The molecule has 0 radical (unpaired) electrons. The average molecular weight is 298 g/mol. The third-order valence-electron chi connectivity index (χ3n) is 4.19. The maximum absolute atomic E-state index is 5.93. The van der Waals surface area contributed by atoms with Gasteiger partial charge in [0.15, 0.2) is 0 Å². The van der Waals surface area contributed by atoms with Gasteiger partial charge in [-0.05, 0) is 36.0 Å². The van der Waals surface area contributed by atoms with Gasteiger partial charge in [0.25, 0.3) is 0 Å². The van der Waals surface area contributed by atoms with Crippen LogP contribution < -0.4 is 9.47 Å². The summed E-state index contributed by atoms with van der Waals surface area (Å²) in [7, 11) is 1.68. The number of methoxy groups -OCH3 is 1. The van der Waals surface area contributed by atoms with Crippen LogP contribution in [0, 0.1) is 5.92 Å². The number of fused-ring (bicyclic) bond motifs is 1. The first kappa shape index (κ1) is 14.8. The van der Waals surface area contributed by atoms with Crippen molar-refractivity contribution in [2.24, 2.45) is 5.92 Å². The van der Waals surface area contributed by atoms with Gasteiger partial charge in [0.2, 0.25) is 0 Å². The van der Waals surface area contributed by atoms with E-state index in [-0.39, 0.29) is 0 Å². The maximum atomic E-state index is 5.93. The molecule has 0 saturated heterocycles. The molecule has 2 aromatic rings. The van der Waals surface area contributed by atoms with Crippen molar-refractivity contribution in [1.29, 1.82) is 0 Å². The molecule has 4 nitrogen and oxygen atoms in total. The zero-order valence-electron chi connectivity index (χ0n) is 13.4. The fraction of sp³-hybridized carbons (Fsp3) is 0.444. The number of hydrogen-bond acceptors (Lipinski definition) is 4. The molecule has 116 valence electrons. The maximum Gasteiger partial charge on any atom is 0.126 e. The Balaban J connectivity index is 1.76. The molecule has 2 heterocycles. The predicted molar refractivity (Wildman–Crippen MR) is 85.5 cm³/mol. The van der Waals surface area contributed by atoms with Gasteiger partial charge in [0.05, 0.1) is 13.7 Å². The Bertz CT molecular complexity index is 655. The molecular weight excluding hydrogens is 276 g/mol. The van der Waals surface area contributed by atoms with Crippen LogP contribution in [0.5, 0.6) is 11.5 Å². The second kappa shape index (κ2) is 6.34. The molecular formula is C18H22N2O2. The minimum Gasteiger partial charge on any atom is -0.497 e. The molecule has 0 aliphatic carbocycles. The summed E-state index contributed by atoms with van der Waals surface area (Å²) in [5, 5.41) is 0. The van der Waals surface area contributed by atoms with Crippen molar-refractivity contribution in [3.63, 3.8) is 0 Å². The second-order valence-electron chi connectivity index (χ2n) is 6.14. The molecule has 1 aromatic heterocycles. The minimum absolute atomic E-state index is 0.442. The Morgan fingerprint density at radius 3 is 3.00 bits per heavy atom. The summed E-state index contributed by atoms with van der Waals surface area (Å²) >= 11 is 0. The van der Waals surface area contributed by atoms with Crippen LogP contribution >= 0.6 is 0 Å². The van der Waals surface area contributed by atoms with Crippen molar-refractivity contribution in [2.75, 3.05) is 13.7 Å². The van der Waals surface area contributed by atoms with Gasteiger partial charge in [-0.1, -0.05) is 19.9 Å². The zero-order valence-corrected chi connectivity index (χ0v) is 13.4. The summed E-state index contributed by atoms with van der Waals surface area (Å²) in [5.74, 6) is 2.68. The van der Waals surface area contributed by atoms with Gasteiger partial charge >= 0.3 is 0 Å². The van der Waals surface area contributed by atoms with E-state index in [9.17, 15) is 0 Å². The summed E-state index contributed by atoms with van der Waals surface area (Å²) in [5.41, 5.74) is 3.63. The molecule has 22 heavy (non-hydrogen) atoms. The quantitative estimate of drug-likeness (QED) is 0.867. The highest BCUT2D eigenvalue weighted by Gasteiger charge is 2.22. The lowest BCUT2D eigenvalue weighted by Crippen LogP contribution is -2.24. The second-order valence-corrected chi connectivity index (χ2v) is 6.14. The fourth-order valence-electron chi connectivity index (χ4n) is 2.97. The smallest absolute Gasteiger partial charge is 0.126 e. The van der Waals surface area contributed by atoms with E-state index in [0.717, 1.165) is 36.6 Å². The fourth-order valence-corrected chi connectivity index (χ4v) is 2.97. The van der Waals surface area contributed by atoms with Crippen LogP contribution in [0.4, 0.5) is 0 Å². The number of rotatable bonds is 4. The van der Waals surface area contributed by atoms with E-state index in [2.05, 4.69) is 29.9 Å². The van der Waals surface area contributed by atoms with Gasteiger partial charge < -0.3 is 9.47 Å². The highest BCUT2D eigenvalue weighted by atomic mass is 16.5. The van der Waals surface area contributed by atoms with E-state index in [4.69, 9.17) is 9.47 Å². The molecule has 0 saturated carbocycles. The van der Waals surface area contributed by atoms with Crippen LogP contribution in [-0.2, 0) is 12.8 Å². The van der Waals surface area contributed by atoms with Crippen LogP contribution in [0.25, 0.3) is 0 Å². The summed E-state index contributed by atoms with van der Waals surface area (Å²) in [6.07, 6.45) is 5.53. The van der Waals surface area contributed by atoms with Gasteiger partial charge in [0.1, 0.15) is 17.8 Å². The predicted octanol–water partition coefficient (Wildman–Crippen LogP) is 3.40. The van der Waals surface area contributed by atoms with Crippen LogP contribution in [0.1, 0.15) is 36.6 Å². The lowest BCUT2D eigenvalue weighted by molar-refractivity contribution is 0.219. The van der Waals surface area contributed by atoms with Crippen molar-refractivity contribution in [3.05, 3.63) is 47.5 Å². The first-order chi connectivity index (χ1) is 10.7. The standard InChI is InChI=1S/C18H22N2O2/c1-12(2)16-9-19-11-20-17(16)7-13-6-14-4-5-15(21-3)8-18(14)22-10-13/h4-5,8-9,11-13H,6-7,10H2,1-3H3. The highest BCUT2D eigenvalue weighted by molar-refractivity contribution is 5.42. The molecule has 0 amide bonds. The van der Waals surface area contributed by atoms with Gasteiger partial charge in [-0.2, -0.15) is 0 Å². The van der Waals surface area contributed by atoms with E-state index >= 15 is 0 Å². The third kappa shape index (κ3) is 3.06. The van der Waals surface area contributed by atoms with E-state index in [1.165, 1.54) is 11.1 Å². The van der Waals surface area contributed by atoms with Gasteiger partial charge in [0, 0.05) is 23.9 Å². The molecule has 1 aliphatic rings. The molecule has 1 aliphatic heterocycles. The van der Waals surface area contributed by atoms with Gasteiger partial charge in [-0.15, -0.1) is 0 Å². The third-order valence-corrected chi connectivity index (χ3v) is 4.19. The Kier molecular flexibility index (Phi) is 4.27. The Hall–Kier alpha value is -2.10. The topological polar surface area (TPSA) is 44.2 Å². The molecule has 3 rings (SSSR count). The number of nitrogens with zero attached hydrogens (tertiary/aromatic N) is 2. The van der Waals surface area contributed by atoms with Crippen molar-refractivity contribution in [1.82, 2.24) is 9.97 Å². The first-order valence-corrected chi connectivity index (χ1v) is 7.76. The molecule has 1 unspecified atom stereocenters. The van der Waals surface area contributed by atoms with Crippen LogP contribution in [0.3, 0.4) is 0 Å². The monoisotopic (exact) mass is 298 g/mol. The van der Waals surface area contributed by atoms with E-state index in [1.54, 1.807) is 13.4 Å². The normalized spacial score (nSPS) is 17.0. The molecule has 0 fully saturated rings. The molecule has 0 bridgehead atoms.